The van der Waals surface area contributed by atoms with E-state index in [2.05, 4.69) is 52.8 Å². The summed E-state index contributed by atoms with van der Waals surface area (Å²) >= 11 is 0. The Labute approximate surface area is 109 Å². The number of rotatable bonds is 6. The van der Waals surface area contributed by atoms with Crippen LogP contribution in [0.15, 0.2) is 11.6 Å². The molecule has 0 atom stereocenters. The first-order valence-corrected chi connectivity index (χ1v) is 9.34. The van der Waals surface area contributed by atoms with Gasteiger partial charge < -0.3 is 4.43 Å². The van der Waals surface area contributed by atoms with Gasteiger partial charge in [0.25, 0.3) is 0 Å². The lowest BCUT2D eigenvalue weighted by Gasteiger charge is -2.35. The molecule has 0 radical (unpaired) electrons. The van der Waals surface area contributed by atoms with Crippen LogP contribution in [0.25, 0.3) is 0 Å². The van der Waals surface area contributed by atoms with E-state index in [9.17, 15) is 0 Å². The molecule has 0 fully saturated rings. The Bertz CT molecular complexity index is 289. The van der Waals surface area contributed by atoms with Crippen LogP contribution in [0.2, 0.25) is 18.1 Å². The van der Waals surface area contributed by atoms with Gasteiger partial charge >= 0.3 is 0 Å². The van der Waals surface area contributed by atoms with E-state index >= 15 is 0 Å². The molecule has 0 bridgehead atoms. The van der Waals surface area contributed by atoms with Gasteiger partial charge in [0, 0.05) is 6.42 Å². The Morgan fingerprint density at radius 2 is 1.94 bits per heavy atom. The molecular formula is C15H28OSi. The summed E-state index contributed by atoms with van der Waals surface area (Å²) in [4.78, 5) is 0. The Hall–Kier alpha value is -0.523. The van der Waals surface area contributed by atoms with Gasteiger partial charge in [0.1, 0.15) is 0 Å². The second kappa shape index (κ2) is 7.03. The van der Waals surface area contributed by atoms with Crippen LogP contribution >= 0.6 is 0 Å². The van der Waals surface area contributed by atoms with Crippen LogP contribution in [0.1, 0.15) is 47.0 Å². The summed E-state index contributed by atoms with van der Waals surface area (Å²) in [6, 6.07) is 0. The third-order valence-corrected chi connectivity index (χ3v) is 8.08. The van der Waals surface area contributed by atoms with Crippen molar-refractivity contribution in [2.75, 3.05) is 6.61 Å². The fourth-order valence-electron chi connectivity index (χ4n) is 1.18. The first-order chi connectivity index (χ1) is 7.70. The monoisotopic (exact) mass is 252 g/mol. The molecule has 0 heterocycles. The number of terminal acetylenes is 1. The SMILES string of the molecule is C#CCCC/C(C)=C/CO[Si](C)(C)C(C)(C)C. The summed E-state index contributed by atoms with van der Waals surface area (Å²) in [5, 5.41) is 0.290. The Balaban J connectivity index is 4.05. The lowest BCUT2D eigenvalue weighted by atomic mass is 10.1. The zero-order valence-corrected chi connectivity index (χ0v) is 13.4. The van der Waals surface area contributed by atoms with Crippen LogP contribution in [0.5, 0.6) is 0 Å². The maximum Gasteiger partial charge on any atom is 0.192 e. The van der Waals surface area contributed by atoms with Crippen LogP contribution in [0.3, 0.4) is 0 Å². The van der Waals surface area contributed by atoms with E-state index in [1.807, 2.05) is 0 Å². The standard InChI is InChI=1S/C15H28OSi/c1-8-9-10-11-14(2)12-13-16-17(6,7)15(3,4)5/h1,12H,9-11,13H2,2-7H3/b14-12+. The quantitative estimate of drug-likeness (QED) is 0.287. The smallest absolute Gasteiger partial charge is 0.192 e. The summed E-state index contributed by atoms with van der Waals surface area (Å²) in [5.74, 6) is 2.67. The zero-order valence-electron chi connectivity index (χ0n) is 12.4. The van der Waals surface area contributed by atoms with Gasteiger partial charge in [-0.1, -0.05) is 32.4 Å². The highest BCUT2D eigenvalue weighted by atomic mass is 28.4. The van der Waals surface area contributed by atoms with Crippen molar-refractivity contribution in [2.24, 2.45) is 0 Å². The third kappa shape index (κ3) is 6.70. The molecule has 17 heavy (non-hydrogen) atoms. The van der Waals surface area contributed by atoms with Crippen molar-refractivity contribution in [3.63, 3.8) is 0 Å². The fourth-order valence-corrected chi connectivity index (χ4v) is 2.11. The molecule has 0 aromatic rings. The van der Waals surface area contributed by atoms with Crippen molar-refractivity contribution in [1.29, 1.82) is 0 Å². The molecule has 0 aliphatic carbocycles. The van der Waals surface area contributed by atoms with Gasteiger partial charge in [-0.25, -0.2) is 0 Å². The van der Waals surface area contributed by atoms with Crippen molar-refractivity contribution >= 4 is 8.32 Å². The predicted molar refractivity (Wildman–Crippen MR) is 79.6 cm³/mol. The molecule has 0 saturated carbocycles. The fraction of sp³-hybridized carbons (Fsp3) is 0.733. The molecule has 0 aromatic carbocycles. The Kier molecular flexibility index (Phi) is 6.82. The third-order valence-electron chi connectivity index (χ3n) is 3.57. The molecule has 0 spiro atoms. The largest absolute Gasteiger partial charge is 0.413 e. The molecule has 0 aliphatic heterocycles. The van der Waals surface area contributed by atoms with E-state index in [0.717, 1.165) is 25.9 Å². The predicted octanol–water partition coefficient (Wildman–Crippen LogP) is 4.76. The van der Waals surface area contributed by atoms with E-state index in [4.69, 9.17) is 10.8 Å². The van der Waals surface area contributed by atoms with Crippen LogP contribution in [-0.2, 0) is 4.43 Å². The first-order valence-electron chi connectivity index (χ1n) is 6.44. The number of hydrogen-bond donors (Lipinski definition) is 0. The number of allylic oxidation sites excluding steroid dienone is 1. The molecule has 1 nitrogen and oxygen atoms in total. The second-order valence-electron chi connectivity index (χ2n) is 6.18. The van der Waals surface area contributed by atoms with E-state index in [-0.39, 0.29) is 5.04 Å². The molecule has 0 rings (SSSR count). The van der Waals surface area contributed by atoms with Crippen molar-refractivity contribution in [1.82, 2.24) is 0 Å². The topological polar surface area (TPSA) is 9.23 Å². The minimum Gasteiger partial charge on any atom is -0.413 e. The molecule has 98 valence electrons. The van der Waals surface area contributed by atoms with Crippen LogP contribution < -0.4 is 0 Å². The first kappa shape index (κ1) is 16.5. The summed E-state index contributed by atoms with van der Waals surface area (Å²) in [6.07, 6.45) is 10.5. The van der Waals surface area contributed by atoms with Gasteiger partial charge in [0.05, 0.1) is 6.61 Å². The summed E-state index contributed by atoms with van der Waals surface area (Å²) in [5.41, 5.74) is 1.39. The molecule has 2 heteroatoms. The van der Waals surface area contributed by atoms with Gasteiger partial charge in [-0.3, -0.25) is 0 Å². The van der Waals surface area contributed by atoms with Gasteiger partial charge in [-0.15, -0.1) is 12.3 Å². The molecule has 0 aromatic heterocycles. The highest BCUT2D eigenvalue weighted by Gasteiger charge is 2.36. The minimum absolute atomic E-state index is 0.290. The second-order valence-corrected chi connectivity index (χ2v) is 11.0. The summed E-state index contributed by atoms with van der Waals surface area (Å²) in [7, 11) is -1.59. The molecule has 0 unspecified atom stereocenters. The van der Waals surface area contributed by atoms with Crippen molar-refractivity contribution in [2.45, 2.75) is 65.1 Å². The van der Waals surface area contributed by atoms with Crippen molar-refractivity contribution < 1.29 is 4.43 Å². The van der Waals surface area contributed by atoms with E-state index in [1.54, 1.807) is 0 Å². The lowest BCUT2D eigenvalue weighted by molar-refractivity contribution is 0.327. The van der Waals surface area contributed by atoms with Gasteiger partial charge in [-0.2, -0.15) is 0 Å². The van der Waals surface area contributed by atoms with E-state index in [0.29, 0.717) is 0 Å². The highest BCUT2D eigenvalue weighted by Crippen LogP contribution is 2.36. The molecule has 0 aliphatic rings. The molecule has 0 amide bonds. The molecule has 0 N–H and O–H groups in total. The van der Waals surface area contributed by atoms with E-state index < -0.39 is 8.32 Å². The zero-order chi connectivity index (χ0) is 13.5. The summed E-state index contributed by atoms with van der Waals surface area (Å²) in [6.45, 7) is 14.3. The van der Waals surface area contributed by atoms with Crippen LogP contribution in [0, 0.1) is 12.3 Å². The van der Waals surface area contributed by atoms with Crippen LogP contribution in [0.4, 0.5) is 0 Å². The Morgan fingerprint density at radius 3 is 2.41 bits per heavy atom. The van der Waals surface area contributed by atoms with Gasteiger partial charge in [0.2, 0.25) is 0 Å². The number of hydrogen-bond acceptors (Lipinski definition) is 1. The average Bonchev–Trinajstić information content (AvgIpc) is 2.16. The minimum atomic E-state index is -1.59. The molecular weight excluding hydrogens is 224 g/mol. The maximum atomic E-state index is 6.09. The van der Waals surface area contributed by atoms with Gasteiger partial charge in [0.15, 0.2) is 8.32 Å². The summed E-state index contributed by atoms with van der Waals surface area (Å²) < 4.78 is 6.09. The normalized spacial score (nSPS) is 13.6. The van der Waals surface area contributed by atoms with Crippen LogP contribution in [-0.4, -0.2) is 14.9 Å². The Morgan fingerprint density at radius 1 is 1.35 bits per heavy atom. The van der Waals surface area contributed by atoms with Crippen molar-refractivity contribution in [3.05, 3.63) is 11.6 Å². The lowest BCUT2D eigenvalue weighted by Crippen LogP contribution is -2.40. The van der Waals surface area contributed by atoms with Gasteiger partial charge in [-0.05, 0) is 37.9 Å². The average molecular weight is 252 g/mol. The highest BCUT2D eigenvalue weighted by molar-refractivity contribution is 6.74. The number of unbranched alkanes of at least 4 members (excludes halogenated alkanes) is 1. The maximum absolute atomic E-state index is 6.09. The molecule has 0 saturated heterocycles. The van der Waals surface area contributed by atoms with E-state index in [1.165, 1.54) is 5.57 Å². The van der Waals surface area contributed by atoms with Crippen molar-refractivity contribution in [3.8, 4) is 12.3 Å².